The summed E-state index contributed by atoms with van der Waals surface area (Å²) in [4.78, 5) is 14.5. The standard InChI is InChI=1S/C15H20N2O2S/c16-14(20)10-17(12-6-4-5-7-12)15(18)11-19-13-8-2-1-3-9-13/h1-3,8-9,12H,4-7,10-11H2,(H2,16,20). The van der Waals surface area contributed by atoms with Crippen LogP contribution in [0.1, 0.15) is 25.7 Å². The van der Waals surface area contributed by atoms with Gasteiger partial charge in [0.05, 0.1) is 11.5 Å². The second-order valence-electron chi connectivity index (χ2n) is 5.03. The Balaban J connectivity index is 1.93. The number of nitrogens with zero attached hydrogens (tertiary/aromatic N) is 1. The van der Waals surface area contributed by atoms with Crippen molar-refractivity contribution in [2.45, 2.75) is 31.7 Å². The fourth-order valence-electron chi connectivity index (χ4n) is 2.55. The number of hydrogen-bond acceptors (Lipinski definition) is 3. The molecule has 0 atom stereocenters. The molecule has 1 fully saturated rings. The number of amides is 1. The summed E-state index contributed by atoms with van der Waals surface area (Å²) in [5.41, 5.74) is 5.60. The van der Waals surface area contributed by atoms with E-state index in [-0.39, 0.29) is 18.6 Å². The highest BCUT2D eigenvalue weighted by atomic mass is 32.1. The topological polar surface area (TPSA) is 55.6 Å². The van der Waals surface area contributed by atoms with Crippen LogP contribution in [0.2, 0.25) is 0 Å². The first-order valence-electron chi connectivity index (χ1n) is 6.92. The van der Waals surface area contributed by atoms with E-state index >= 15 is 0 Å². The maximum absolute atomic E-state index is 12.3. The molecule has 5 heteroatoms. The van der Waals surface area contributed by atoms with Crippen molar-refractivity contribution < 1.29 is 9.53 Å². The van der Waals surface area contributed by atoms with Gasteiger partial charge in [0.25, 0.3) is 5.91 Å². The van der Waals surface area contributed by atoms with Gasteiger partial charge in [0.2, 0.25) is 0 Å². The molecule has 0 unspecified atom stereocenters. The highest BCUT2D eigenvalue weighted by Gasteiger charge is 2.27. The third-order valence-corrected chi connectivity index (χ3v) is 3.65. The van der Waals surface area contributed by atoms with E-state index in [0.29, 0.717) is 17.3 Å². The van der Waals surface area contributed by atoms with Gasteiger partial charge in [0.15, 0.2) is 6.61 Å². The average molecular weight is 292 g/mol. The minimum absolute atomic E-state index is 0.0309. The molecule has 0 aliphatic heterocycles. The van der Waals surface area contributed by atoms with Crippen LogP contribution in [-0.4, -0.2) is 35.0 Å². The van der Waals surface area contributed by atoms with Crippen LogP contribution in [-0.2, 0) is 4.79 Å². The van der Waals surface area contributed by atoms with Crippen LogP contribution in [0.3, 0.4) is 0 Å². The SMILES string of the molecule is NC(=S)CN(C(=O)COc1ccccc1)C1CCCC1. The predicted molar refractivity (Wildman–Crippen MR) is 82.7 cm³/mol. The third-order valence-electron chi connectivity index (χ3n) is 3.52. The van der Waals surface area contributed by atoms with Crippen LogP contribution in [0, 0.1) is 0 Å². The van der Waals surface area contributed by atoms with Crippen molar-refractivity contribution in [3.8, 4) is 5.75 Å². The van der Waals surface area contributed by atoms with Gasteiger partial charge in [0, 0.05) is 6.04 Å². The van der Waals surface area contributed by atoms with E-state index in [1.54, 1.807) is 4.90 Å². The number of nitrogens with two attached hydrogens (primary N) is 1. The van der Waals surface area contributed by atoms with Crippen molar-refractivity contribution in [3.05, 3.63) is 30.3 Å². The predicted octanol–water partition coefficient (Wildman–Crippen LogP) is 2.12. The van der Waals surface area contributed by atoms with Gasteiger partial charge in [-0.3, -0.25) is 4.79 Å². The van der Waals surface area contributed by atoms with E-state index in [2.05, 4.69) is 0 Å². The Morgan fingerprint density at radius 1 is 1.30 bits per heavy atom. The van der Waals surface area contributed by atoms with Crippen molar-refractivity contribution >= 4 is 23.1 Å². The molecule has 2 rings (SSSR count). The van der Waals surface area contributed by atoms with Crippen molar-refractivity contribution in [3.63, 3.8) is 0 Å². The zero-order valence-electron chi connectivity index (χ0n) is 11.5. The molecule has 1 aromatic carbocycles. The fourth-order valence-corrected chi connectivity index (χ4v) is 2.69. The Morgan fingerprint density at radius 2 is 1.95 bits per heavy atom. The molecule has 108 valence electrons. The van der Waals surface area contributed by atoms with Crippen LogP contribution in [0.5, 0.6) is 5.75 Å². The second-order valence-corrected chi connectivity index (χ2v) is 5.55. The molecule has 1 aliphatic rings. The number of carbonyl (C=O) groups excluding carboxylic acids is 1. The molecule has 1 amide bonds. The van der Waals surface area contributed by atoms with E-state index in [1.165, 1.54) is 0 Å². The van der Waals surface area contributed by atoms with Crippen LogP contribution in [0.4, 0.5) is 0 Å². The number of para-hydroxylation sites is 1. The van der Waals surface area contributed by atoms with Crippen molar-refractivity contribution in [1.82, 2.24) is 4.90 Å². The van der Waals surface area contributed by atoms with Gasteiger partial charge in [-0.1, -0.05) is 43.3 Å². The lowest BCUT2D eigenvalue weighted by Crippen LogP contribution is -2.45. The Kier molecular flexibility index (Phi) is 5.35. The largest absolute Gasteiger partial charge is 0.484 e. The quantitative estimate of drug-likeness (QED) is 0.816. The lowest BCUT2D eigenvalue weighted by molar-refractivity contribution is -0.134. The highest BCUT2D eigenvalue weighted by molar-refractivity contribution is 7.80. The number of rotatable bonds is 6. The molecule has 4 nitrogen and oxygen atoms in total. The molecule has 0 radical (unpaired) electrons. The van der Waals surface area contributed by atoms with Crippen molar-refractivity contribution in [2.24, 2.45) is 5.73 Å². The normalized spacial score (nSPS) is 15.0. The van der Waals surface area contributed by atoms with E-state index in [0.717, 1.165) is 25.7 Å². The van der Waals surface area contributed by atoms with E-state index in [4.69, 9.17) is 22.7 Å². The van der Waals surface area contributed by atoms with E-state index in [9.17, 15) is 4.79 Å². The van der Waals surface area contributed by atoms with Gasteiger partial charge in [0.1, 0.15) is 5.75 Å². The first-order valence-corrected chi connectivity index (χ1v) is 7.33. The molecule has 0 spiro atoms. The van der Waals surface area contributed by atoms with Crippen LogP contribution >= 0.6 is 12.2 Å². The van der Waals surface area contributed by atoms with Gasteiger partial charge in [-0.2, -0.15) is 0 Å². The maximum Gasteiger partial charge on any atom is 0.261 e. The zero-order chi connectivity index (χ0) is 14.4. The molecule has 0 heterocycles. The average Bonchev–Trinajstić information content (AvgIpc) is 2.97. The summed E-state index contributed by atoms with van der Waals surface area (Å²) < 4.78 is 5.51. The molecular formula is C15H20N2O2S. The first kappa shape index (κ1) is 14.8. The van der Waals surface area contributed by atoms with Gasteiger partial charge in [-0.05, 0) is 25.0 Å². The van der Waals surface area contributed by atoms with Crippen LogP contribution in [0.25, 0.3) is 0 Å². The first-order chi connectivity index (χ1) is 9.66. The van der Waals surface area contributed by atoms with E-state index < -0.39 is 0 Å². The molecule has 20 heavy (non-hydrogen) atoms. The number of ether oxygens (including phenoxy) is 1. The zero-order valence-corrected chi connectivity index (χ0v) is 12.3. The van der Waals surface area contributed by atoms with Gasteiger partial charge < -0.3 is 15.4 Å². The minimum atomic E-state index is -0.0476. The summed E-state index contributed by atoms with van der Waals surface area (Å²) >= 11 is 4.95. The smallest absolute Gasteiger partial charge is 0.261 e. The summed E-state index contributed by atoms with van der Waals surface area (Å²) in [6.07, 6.45) is 4.37. The van der Waals surface area contributed by atoms with Gasteiger partial charge in [-0.15, -0.1) is 0 Å². The third kappa shape index (κ3) is 4.20. The molecule has 0 aromatic heterocycles. The number of thiocarbonyl (C=S) groups is 1. The molecular weight excluding hydrogens is 272 g/mol. The fraction of sp³-hybridized carbons (Fsp3) is 0.467. The summed E-state index contributed by atoms with van der Waals surface area (Å²) in [5, 5.41) is 0. The molecule has 1 aromatic rings. The summed E-state index contributed by atoms with van der Waals surface area (Å²) in [5.74, 6) is 0.649. The second kappa shape index (κ2) is 7.24. The van der Waals surface area contributed by atoms with Crippen LogP contribution in [0.15, 0.2) is 30.3 Å². The van der Waals surface area contributed by atoms with Crippen LogP contribution < -0.4 is 10.5 Å². The van der Waals surface area contributed by atoms with Crippen molar-refractivity contribution in [1.29, 1.82) is 0 Å². The molecule has 1 aliphatic carbocycles. The summed E-state index contributed by atoms with van der Waals surface area (Å²) in [6.45, 7) is 0.375. The summed E-state index contributed by atoms with van der Waals surface area (Å²) in [7, 11) is 0. The number of carbonyl (C=O) groups is 1. The minimum Gasteiger partial charge on any atom is -0.484 e. The molecule has 1 saturated carbocycles. The lowest BCUT2D eigenvalue weighted by Gasteiger charge is -2.28. The number of hydrogen-bond donors (Lipinski definition) is 1. The maximum atomic E-state index is 12.3. The Morgan fingerprint density at radius 3 is 2.55 bits per heavy atom. The monoisotopic (exact) mass is 292 g/mol. The number of benzene rings is 1. The molecule has 2 N–H and O–H groups in total. The Labute approximate surface area is 124 Å². The lowest BCUT2D eigenvalue weighted by atomic mass is 10.2. The Hall–Kier alpha value is -1.62. The molecule has 0 bridgehead atoms. The van der Waals surface area contributed by atoms with E-state index in [1.807, 2.05) is 30.3 Å². The van der Waals surface area contributed by atoms with Gasteiger partial charge >= 0.3 is 0 Å². The summed E-state index contributed by atoms with van der Waals surface area (Å²) in [6, 6.07) is 9.59. The van der Waals surface area contributed by atoms with Crippen molar-refractivity contribution in [2.75, 3.05) is 13.2 Å². The van der Waals surface area contributed by atoms with Gasteiger partial charge in [-0.25, -0.2) is 0 Å². The Bertz CT molecular complexity index is 458. The molecule has 0 saturated heterocycles. The highest BCUT2D eigenvalue weighted by Crippen LogP contribution is 2.23.